The molecule has 1 aliphatic heterocycles. The highest BCUT2D eigenvalue weighted by molar-refractivity contribution is 7.10. The number of hydrogen-bond donors (Lipinski definition) is 1. The smallest absolute Gasteiger partial charge is 0.338 e. The number of halogens is 1. The Morgan fingerprint density at radius 3 is 2.33 bits per heavy atom. The number of Topliss-reactive ketones (excluding diaryl/α,β-unsaturated/α-hetero) is 1. The second kappa shape index (κ2) is 11.5. The molecule has 2 N–H and O–H groups in total. The number of carbonyl (C=O) groups excluding carboxylic acids is 3. The van der Waals surface area contributed by atoms with Gasteiger partial charge in [0.15, 0.2) is 5.78 Å². The van der Waals surface area contributed by atoms with Gasteiger partial charge in [0, 0.05) is 27.8 Å². The Morgan fingerprint density at radius 2 is 1.70 bits per heavy atom. The summed E-state index contributed by atoms with van der Waals surface area (Å²) in [5.41, 5.74) is 8.82. The molecule has 206 valence electrons. The van der Waals surface area contributed by atoms with Crippen LogP contribution in [0.3, 0.4) is 0 Å². The van der Waals surface area contributed by atoms with Gasteiger partial charge in [0.2, 0.25) is 0 Å². The van der Waals surface area contributed by atoms with E-state index in [1.54, 1.807) is 18.7 Å². The number of benzene rings is 2. The van der Waals surface area contributed by atoms with Gasteiger partial charge in [-0.1, -0.05) is 36.4 Å². The normalized spacial score (nSPS) is 20.8. The predicted octanol–water partition coefficient (Wildman–Crippen LogP) is 5.41. The molecule has 3 aromatic rings. The summed E-state index contributed by atoms with van der Waals surface area (Å²) in [5, 5.41) is 1.90. The summed E-state index contributed by atoms with van der Waals surface area (Å²) in [6.45, 7) is 3.57. The molecule has 9 heteroatoms. The van der Waals surface area contributed by atoms with Gasteiger partial charge in [-0.2, -0.15) is 0 Å². The summed E-state index contributed by atoms with van der Waals surface area (Å²) in [4.78, 5) is 44.0. The van der Waals surface area contributed by atoms with Crippen molar-refractivity contribution in [1.82, 2.24) is 0 Å². The summed E-state index contributed by atoms with van der Waals surface area (Å²) in [6, 6.07) is 18.5. The molecule has 0 radical (unpaired) electrons. The largest absolute Gasteiger partial charge is 0.465 e. The van der Waals surface area contributed by atoms with Crippen molar-refractivity contribution >= 4 is 34.7 Å². The average Bonchev–Trinajstić information content (AvgIpc) is 3.48. The summed E-state index contributed by atoms with van der Waals surface area (Å²) in [5.74, 6) is -4.71. The van der Waals surface area contributed by atoms with Crippen LogP contribution < -0.4 is 10.6 Å². The third-order valence-corrected chi connectivity index (χ3v) is 8.21. The van der Waals surface area contributed by atoms with Crippen molar-refractivity contribution in [2.75, 3.05) is 18.1 Å². The van der Waals surface area contributed by atoms with E-state index in [4.69, 9.17) is 15.2 Å². The monoisotopic (exact) mass is 560 g/mol. The van der Waals surface area contributed by atoms with Crippen LogP contribution in [0.2, 0.25) is 0 Å². The Hall–Kier alpha value is -4.24. The minimum absolute atomic E-state index is 0.0570. The van der Waals surface area contributed by atoms with E-state index < -0.39 is 41.3 Å². The molecule has 0 saturated heterocycles. The highest BCUT2D eigenvalue weighted by atomic mass is 32.1. The fourth-order valence-electron chi connectivity index (χ4n) is 5.57. The molecule has 7 nitrogen and oxygen atoms in total. The number of nitrogens with zero attached hydrogens (tertiary/aromatic N) is 1. The number of allylic oxidation sites excluding steroid dienone is 2. The molecule has 1 aliphatic carbocycles. The van der Waals surface area contributed by atoms with Crippen molar-refractivity contribution in [1.29, 1.82) is 0 Å². The quantitative estimate of drug-likeness (QED) is 0.305. The lowest BCUT2D eigenvalue weighted by atomic mass is 9.68. The van der Waals surface area contributed by atoms with Gasteiger partial charge in [0.05, 0.1) is 24.7 Å². The predicted molar refractivity (Wildman–Crippen MR) is 150 cm³/mol. The molecule has 40 heavy (non-hydrogen) atoms. The van der Waals surface area contributed by atoms with Crippen LogP contribution in [0, 0.1) is 11.7 Å². The van der Waals surface area contributed by atoms with Gasteiger partial charge in [-0.25, -0.2) is 9.18 Å². The van der Waals surface area contributed by atoms with Crippen LogP contribution in [0.15, 0.2) is 94.8 Å². The number of ketones is 1. The number of hydrogen-bond acceptors (Lipinski definition) is 8. The average molecular weight is 561 g/mol. The zero-order chi connectivity index (χ0) is 28.4. The van der Waals surface area contributed by atoms with Crippen LogP contribution in [0.1, 0.15) is 42.5 Å². The Kier molecular flexibility index (Phi) is 7.84. The first-order valence-electron chi connectivity index (χ1n) is 13.1. The van der Waals surface area contributed by atoms with Crippen molar-refractivity contribution in [3.8, 4) is 0 Å². The van der Waals surface area contributed by atoms with E-state index in [1.807, 2.05) is 47.8 Å². The van der Waals surface area contributed by atoms with Gasteiger partial charge in [0.1, 0.15) is 17.6 Å². The standard InChI is InChI=1S/C31H29FN2O5S/c1-3-38-30(36)25-21(23-11-8-16-40-23)17-22-26(28(25)35)24(18-12-14-19(32)15-13-18)27(31(37)39-4-2)29(33)34(22)20-9-6-5-7-10-20/h5-16,21,24-25H,3-4,17,33H2,1-2H3/t21-,24-,25-/m0/s1. The molecule has 0 amide bonds. The molecule has 1 aromatic heterocycles. The molecule has 0 bridgehead atoms. The number of thiophene rings is 1. The summed E-state index contributed by atoms with van der Waals surface area (Å²) in [7, 11) is 0. The van der Waals surface area contributed by atoms with Crippen molar-refractivity contribution in [2.45, 2.75) is 32.1 Å². The number of carbonyl (C=O) groups is 3. The highest BCUT2D eigenvalue weighted by Crippen LogP contribution is 2.52. The van der Waals surface area contributed by atoms with Crippen LogP contribution >= 0.6 is 11.3 Å². The van der Waals surface area contributed by atoms with Crippen molar-refractivity contribution in [3.05, 3.63) is 111 Å². The Bertz CT molecular complexity index is 1480. The first-order valence-corrected chi connectivity index (χ1v) is 14.0. The van der Waals surface area contributed by atoms with E-state index in [-0.39, 0.29) is 36.6 Å². The molecular weight excluding hydrogens is 531 g/mol. The second-order valence-electron chi connectivity index (χ2n) is 9.46. The molecule has 0 fully saturated rings. The van der Waals surface area contributed by atoms with Gasteiger partial charge >= 0.3 is 11.9 Å². The van der Waals surface area contributed by atoms with Gasteiger partial charge in [-0.05, 0) is 61.5 Å². The number of nitrogens with two attached hydrogens (primary N) is 1. The molecule has 2 aromatic carbocycles. The molecule has 2 aliphatic rings. The van der Waals surface area contributed by atoms with E-state index in [9.17, 15) is 18.8 Å². The van der Waals surface area contributed by atoms with Crippen molar-refractivity contribution in [2.24, 2.45) is 11.7 Å². The van der Waals surface area contributed by atoms with Crippen LogP contribution in [0.5, 0.6) is 0 Å². The van der Waals surface area contributed by atoms with Crippen LogP contribution in [0.25, 0.3) is 0 Å². The van der Waals surface area contributed by atoms with E-state index in [2.05, 4.69) is 0 Å². The zero-order valence-corrected chi connectivity index (χ0v) is 23.0. The van der Waals surface area contributed by atoms with Crippen molar-refractivity contribution in [3.63, 3.8) is 0 Å². The first kappa shape index (κ1) is 27.3. The molecule has 0 unspecified atom stereocenters. The summed E-state index contributed by atoms with van der Waals surface area (Å²) in [6.07, 6.45) is 0.286. The number of esters is 2. The highest BCUT2D eigenvalue weighted by Gasteiger charge is 2.51. The van der Waals surface area contributed by atoms with E-state index >= 15 is 0 Å². The molecule has 2 heterocycles. The van der Waals surface area contributed by atoms with Gasteiger partial charge in [-0.3, -0.25) is 14.5 Å². The van der Waals surface area contributed by atoms with Crippen LogP contribution in [0.4, 0.5) is 10.1 Å². The van der Waals surface area contributed by atoms with Crippen LogP contribution in [-0.2, 0) is 23.9 Å². The minimum Gasteiger partial charge on any atom is -0.465 e. The molecule has 0 saturated carbocycles. The Labute approximate surface area is 235 Å². The van der Waals surface area contributed by atoms with Gasteiger partial charge in [-0.15, -0.1) is 11.3 Å². The van der Waals surface area contributed by atoms with Gasteiger partial charge in [0.25, 0.3) is 0 Å². The number of anilines is 1. The first-order chi connectivity index (χ1) is 19.4. The van der Waals surface area contributed by atoms with E-state index in [0.29, 0.717) is 16.9 Å². The molecule has 0 spiro atoms. The fraction of sp³-hybridized carbons (Fsp3) is 0.258. The van der Waals surface area contributed by atoms with E-state index in [1.165, 1.54) is 35.6 Å². The maximum Gasteiger partial charge on any atom is 0.338 e. The second-order valence-corrected chi connectivity index (χ2v) is 10.4. The number of para-hydroxylation sites is 1. The topological polar surface area (TPSA) is 98.9 Å². The maximum atomic E-state index is 14.6. The summed E-state index contributed by atoms with van der Waals surface area (Å²) >= 11 is 1.46. The molecule has 3 atom stereocenters. The maximum absolute atomic E-state index is 14.6. The fourth-order valence-corrected chi connectivity index (χ4v) is 6.44. The number of rotatable bonds is 7. The minimum atomic E-state index is -1.12. The van der Waals surface area contributed by atoms with Gasteiger partial charge < -0.3 is 15.2 Å². The summed E-state index contributed by atoms with van der Waals surface area (Å²) < 4.78 is 24.8. The number of ether oxygens (including phenoxy) is 2. The molecular formula is C31H29FN2O5S. The Morgan fingerprint density at radius 1 is 1.00 bits per heavy atom. The lowest BCUT2D eigenvalue weighted by Gasteiger charge is -2.43. The van der Waals surface area contributed by atoms with Crippen LogP contribution in [-0.4, -0.2) is 30.9 Å². The third-order valence-electron chi connectivity index (χ3n) is 7.20. The van der Waals surface area contributed by atoms with E-state index in [0.717, 1.165) is 4.88 Å². The lowest BCUT2D eigenvalue weighted by molar-refractivity contribution is -0.152. The SMILES string of the molecule is CCOC(=O)C1=C(N)N(c2ccccc2)C2=C(C(=O)[C@@H](C(=O)OCC)[C@H](c3cccs3)C2)[C@@H]1c1ccc(F)cc1. The zero-order valence-electron chi connectivity index (χ0n) is 22.1. The third kappa shape index (κ3) is 4.81. The Balaban J connectivity index is 1.80. The molecule has 5 rings (SSSR count). The lowest BCUT2D eigenvalue weighted by Crippen LogP contribution is -2.46. The van der Waals surface area contributed by atoms with Crippen molar-refractivity contribution < 1.29 is 28.2 Å².